The van der Waals surface area contributed by atoms with Crippen LogP contribution in [0.4, 0.5) is 24.5 Å². The minimum Gasteiger partial charge on any atom is -0.381 e. The second-order valence-electron chi connectivity index (χ2n) is 4.29. The number of nitrogens with zero attached hydrogens (tertiary/aromatic N) is 1. The van der Waals surface area contributed by atoms with Crippen LogP contribution in [0.3, 0.4) is 0 Å². The van der Waals surface area contributed by atoms with Gasteiger partial charge in [0.25, 0.3) is 0 Å². The Kier molecular flexibility index (Phi) is 4.85. The van der Waals surface area contributed by atoms with Gasteiger partial charge in [-0.2, -0.15) is 13.2 Å². The van der Waals surface area contributed by atoms with E-state index in [1.165, 1.54) is 6.07 Å². The average molecular weight is 313 g/mol. The molecule has 2 aromatic carbocycles. The van der Waals surface area contributed by atoms with Gasteiger partial charge in [-0.1, -0.05) is 41.9 Å². The van der Waals surface area contributed by atoms with Gasteiger partial charge in [0, 0.05) is 12.2 Å². The Balaban J connectivity index is 2.08. The number of hydrogen-bond donors (Lipinski definition) is 1. The molecule has 0 saturated carbocycles. The van der Waals surface area contributed by atoms with Crippen molar-refractivity contribution in [1.82, 2.24) is 0 Å². The van der Waals surface area contributed by atoms with Crippen molar-refractivity contribution < 1.29 is 13.2 Å². The monoisotopic (exact) mass is 312 g/mol. The largest absolute Gasteiger partial charge is 0.444 e. The molecule has 0 fully saturated rings. The molecule has 0 spiro atoms. The van der Waals surface area contributed by atoms with Gasteiger partial charge in [0.1, 0.15) is 0 Å². The lowest BCUT2D eigenvalue weighted by Crippen LogP contribution is -2.16. The molecular formula is C15H12ClF3N2. The third kappa shape index (κ3) is 4.79. The molecule has 2 nitrogen and oxygen atoms in total. The number of alkyl halides is 3. The van der Waals surface area contributed by atoms with Crippen molar-refractivity contribution in [2.45, 2.75) is 12.7 Å². The van der Waals surface area contributed by atoms with Crippen molar-refractivity contribution in [3.63, 3.8) is 0 Å². The molecule has 0 heterocycles. The van der Waals surface area contributed by atoms with Gasteiger partial charge in [-0.3, -0.25) is 0 Å². The number of aliphatic imine (C=N–C) groups is 1. The van der Waals surface area contributed by atoms with Crippen molar-refractivity contribution in [1.29, 1.82) is 0 Å². The number of para-hydroxylation sites is 1. The summed E-state index contributed by atoms with van der Waals surface area (Å²) >= 11 is 5.13. The first kappa shape index (κ1) is 15.4. The fourth-order valence-electron chi connectivity index (χ4n) is 1.67. The van der Waals surface area contributed by atoms with E-state index in [4.69, 9.17) is 11.6 Å². The zero-order valence-corrected chi connectivity index (χ0v) is 11.6. The maximum atomic E-state index is 12.3. The Bertz CT molecular complexity index is 624. The van der Waals surface area contributed by atoms with Crippen LogP contribution in [0.25, 0.3) is 0 Å². The molecule has 110 valence electrons. The number of nitrogens with one attached hydrogen (secondary N) is 1. The second kappa shape index (κ2) is 6.63. The molecule has 6 heteroatoms. The summed E-state index contributed by atoms with van der Waals surface area (Å²) < 4.78 is 37.0. The second-order valence-corrected chi connectivity index (χ2v) is 4.65. The number of hydrogen-bond acceptors (Lipinski definition) is 2. The van der Waals surface area contributed by atoms with E-state index in [2.05, 4.69) is 10.3 Å². The van der Waals surface area contributed by atoms with Gasteiger partial charge in [0.2, 0.25) is 5.17 Å². The lowest BCUT2D eigenvalue weighted by molar-refractivity contribution is -0.0558. The first-order valence-corrected chi connectivity index (χ1v) is 6.52. The molecule has 2 rings (SSSR count). The van der Waals surface area contributed by atoms with E-state index < -0.39 is 11.3 Å². The summed E-state index contributed by atoms with van der Waals surface area (Å²) in [5.41, 5.74) is 1.91. The molecule has 21 heavy (non-hydrogen) atoms. The first-order chi connectivity index (χ1) is 9.95. The topological polar surface area (TPSA) is 24.4 Å². The summed E-state index contributed by atoms with van der Waals surface area (Å²) in [6.45, 7) is 0.483. The summed E-state index contributed by atoms with van der Waals surface area (Å²) in [6, 6.07) is 16.0. The van der Waals surface area contributed by atoms with Crippen molar-refractivity contribution in [2.24, 2.45) is 4.99 Å². The summed E-state index contributed by atoms with van der Waals surface area (Å²) in [6.07, 6.45) is -4.63. The van der Waals surface area contributed by atoms with Crippen LogP contribution in [0.2, 0.25) is 0 Å². The smallest absolute Gasteiger partial charge is 0.381 e. The van der Waals surface area contributed by atoms with Gasteiger partial charge in [-0.15, -0.1) is 0 Å². The molecular weight excluding hydrogens is 301 g/mol. The maximum absolute atomic E-state index is 12.3. The number of anilines is 1. The van der Waals surface area contributed by atoms with Gasteiger partial charge in [-0.05, 0) is 29.8 Å². The van der Waals surface area contributed by atoms with Crippen LogP contribution in [0.15, 0.2) is 59.6 Å². The summed E-state index contributed by atoms with van der Waals surface area (Å²) in [5, 5.41) is 1.79. The predicted octanol–water partition coefficient (Wildman–Crippen LogP) is 5.13. The van der Waals surface area contributed by atoms with Crippen molar-refractivity contribution in [3.8, 4) is 0 Å². The molecule has 0 aliphatic carbocycles. The predicted molar refractivity (Wildman–Crippen MR) is 79.2 cm³/mol. The van der Waals surface area contributed by atoms with Crippen molar-refractivity contribution in [2.75, 3.05) is 5.32 Å². The average Bonchev–Trinajstić information content (AvgIpc) is 2.46. The van der Waals surface area contributed by atoms with Gasteiger partial charge in [-0.25, -0.2) is 4.99 Å². The Morgan fingerprint density at radius 3 is 2.43 bits per heavy atom. The summed E-state index contributed by atoms with van der Waals surface area (Å²) in [7, 11) is 0. The van der Waals surface area contributed by atoms with Gasteiger partial charge >= 0.3 is 6.18 Å². The third-order valence-electron chi connectivity index (χ3n) is 2.64. The standard InChI is InChI=1S/C15H12ClF3N2/c16-14(15(17,18)19)21-13-8-4-5-11(9-13)10-20-12-6-2-1-3-7-12/h1-9,20H,10H2. The van der Waals surface area contributed by atoms with Crippen LogP contribution in [0, 0.1) is 0 Å². The molecule has 0 aliphatic heterocycles. The zero-order chi connectivity index (χ0) is 15.3. The van der Waals surface area contributed by atoms with Gasteiger partial charge in [0.05, 0.1) is 5.69 Å². The molecule has 0 saturated heterocycles. The highest BCUT2D eigenvalue weighted by molar-refractivity contribution is 6.67. The van der Waals surface area contributed by atoms with E-state index in [0.29, 0.717) is 6.54 Å². The third-order valence-corrected chi connectivity index (χ3v) is 2.94. The normalized spacial score (nSPS) is 12.3. The van der Waals surface area contributed by atoms with Crippen LogP contribution in [0.5, 0.6) is 0 Å². The minimum atomic E-state index is -4.63. The molecule has 0 bridgehead atoms. The van der Waals surface area contributed by atoms with E-state index >= 15 is 0 Å². The molecule has 0 radical (unpaired) electrons. The van der Waals surface area contributed by atoms with Crippen LogP contribution >= 0.6 is 11.6 Å². The highest BCUT2D eigenvalue weighted by Gasteiger charge is 2.34. The molecule has 0 amide bonds. The molecule has 0 unspecified atom stereocenters. The minimum absolute atomic E-state index is 0.171. The van der Waals surface area contributed by atoms with E-state index in [9.17, 15) is 13.2 Å². The molecule has 0 aliphatic rings. The number of benzene rings is 2. The van der Waals surface area contributed by atoms with Gasteiger partial charge < -0.3 is 5.32 Å². The van der Waals surface area contributed by atoms with Crippen LogP contribution < -0.4 is 5.32 Å². The fourth-order valence-corrected chi connectivity index (χ4v) is 1.77. The van der Waals surface area contributed by atoms with Crippen LogP contribution in [-0.2, 0) is 6.54 Å². The van der Waals surface area contributed by atoms with Crippen molar-refractivity contribution in [3.05, 3.63) is 60.2 Å². The lowest BCUT2D eigenvalue weighted by Gasteiger charge is -2.07. The Hall–Kier alpha value is -2.01. The fraction of sp³-hybridized carbons (Fsp3) is 0.133. The maximum Gasteiger partial charge on any atom is 0.444 e. The van der Waals surface area contributed by atoms with Crippen LogP contribution in [-0.4, -0.2) is 11.3 Å². The number of rotatable bonds is 4. The van der Waals surface area contributed by atoms with E-state index in [-0.39, 0.29) is 5.69 Å². The highest BCUT2D eigenvalue weighted by Crippen LogP contribution is 2.24. The zero-order valence-electron chi connectivity index (χ0n) is 10.9. The van der Waals surface area contributed by atoms with Crippen LogP contribution in [0.1, 0.15) is 5.56 Å². The molecule has 2 aromatic rings. The first-order valence-electron chi connectivity index (χ1n) is 6.14. The molecule has 0 aromatic heterocycles. The molecule has 0 atom stereocenters. The number of halogens is 4. The Morgan fingerprint density at radius 2 is 1.76 bits per heavy atom. The summed E-state index contributed by atoms with van der Waals surface area (Å²) in [5.74, 6) is 0. The van der Waals surface area contributed by atoms with Crippen molar-refractivity contribution >= 4 is 28.1 Å². The highest BCUT2D eigenvalue weighted by atomic mass is 35.5. The quantitative estimate of drug-likeness (QED) is 0.778. The van der Waals surface area contributed by atoms with E-state index in [0.717, 1.165) is 11.3 Å². The SMILES string of the molecule is FC(F)(F)C(Cl)=Nc1cccc(CNc2ccccc2)c1. The van der Waals surface area contributed by atoms with E-state index in [1.807, 2.05) is 30.3 Å². The lowest BCUT2D eigenvalue weighted by atomic mass is 10.2. The molecule has 1 N–H and O–H groups in total. The Labute approximate surface area is 125 Å². The summed E-state index contributed by atoms with van der Waals surface area (Å²) in [4.78, 5) is 3.38. The van der Waals surface area contributed by atoms with Gasteiger partial charge in [0.15, 0.2) is 0 Å². The Morgan fingerprint density at radius 1 is 1.05 bits per heavy atom. The van der Waals surface area contributed by atoms with E-state index in [1.54, 1.807) is 18.2 Å².